The molecule has 3 aromatic rings. The van der Waals surface area contributed by atoms with E-state index in [2.05, 4.69) is 29.6 Å². The van der Waals surface area contributed by atoms with Gasteiger partial charge in [-0.1, -0.05) is 30.3 Å². The van der Waals surface area contributed by atoms with Crippen LogP contribution in [0.4, 0.5) is 0 Å². The summed E-state index contributed by atoms with van der Waals surface area (Å²) in [5.74, 6) is -0.0633. The summed E-state index contributed by atoms with van der Waals surface area (Å²) in [6.07, 6.45) is 2.70. The molecule has 28 heavy (non-hydrogen) atoms. The number of carbonyl (C=O) groups excluding carboxylic acids is 1. The van der Waals surface area contributed by atoms with Gasteiger partial charge in [0.25, 0.3) is 5.91 Å². The van der Waals surface area contributed by atoms with Crippen LogP contribution in [0.1, 0.15) is 36.7 Å². The molecule has 1 saturated heterocycles. The zero-order chi connectivity index (χ0) is 18.1. The molecular formula is C20H25Cl2N5O. The highest BCUT2D eigenvalue weighted by molar-refractivity contribution is 6.06. The summed E-state index contributed by atoms with van der Waals surface area (Å²) in [4.78, 5) is 17.8. The number of nitrogens with zero attached hydrogens (tertiary/aromatic N) is 3. The van der Waals surface area contributed by atoms with Gasteiger partial charge in [-0.25, -0.2) is 9.67 Å². The third-order valence-corrected chi connectivity index (χ3v) is 4.77. The second-order valence-electron chi connectivity index (χ2n) is 7.00. The lowest BCUT2D eigenvalue weighted by Gasteiger charge is -2.14. The summed E-state index contributed by atoms with van der Waals surface area (Å²) in [7, 11) is 0. The van der Waals surface area contributed by atoms with E-state index in [0.29, 0.717) is 5.56 Å². The molecule has 1 amide bonds. The Morgan fingerprint density at radius 3 is 2.64 bits per heavy atom. The third-order valence-electron chi connectivity index (χ3n) is 4.77. The van der Waals surface area contributed by atoms with E-state index in [9.17, 15) is 4.79 Å². The minimum absolute atomic E-state index is 0. The van der Waals surface area contributed by atoms with E-state index >= 15 is 0 Å². The molecule has 2 aromatic heterocycles. The van der Waals surface area contributed by atoms with Gasteiger partial charge in [-0.05, 0) is 32.9 Å². The number of halogens is 2. The van der Waals surface area contributed by atoms with Crippen molar-refractivity contribution in [3.8, 4) is 11.3 Å². The van der Waals surface area contributed by atoms with E-state index in [0.717, 1.165) is 41.8 Å². The van der Waals surface area contributed by atoms with Gasteiger partial charge in [-0.15, -0.1) is 24.8 Å². The number of carbonyl (C=O) groups is 1. The highest BCUT2D eigenvalue weighted by Crippen LogP contribution is 2.26. The smallest absolute Gasteiger partial charge is 0.252 e. The first-order valence-corrected chi connectivity index (χ1v) is 9.09. The number of aromatic nitrogens is 3. The Kier molecular flexibility index (Phi) is 7.41. The third kappa shape index (κ3) is 4.29. The van der Waals surface area contributed by atoms with Crippen molar-refractivity contribution in [2.45, 2.75) is 32.4 Å². The van der Waals surface area contributed by atoms with Crippen molar-refractivity contribution in [2.75, 3.05) is 13.1 Å². The van der Waals surface area contributed by atoms with Crippen molar-refractivity contribution in [1.29, 1.82) is 0 Å². The van der Waals surface area contributed by atoms with Crippen molar-refractivity contribution < 1.29 is 4.79 Å². The maximum Gasteiger partial charge on any atom is 0.252 e. The zero-order valence-corrected chi connectivity index (χ0v) is 17.5. The van der Waals surface area contributed by atoms with Crippen molar-refractivity contribution in [2.24, 2.45) is 0 Å². The van der Waals surface area contributed by atoms with Crippen LogP contribution in [-0.2, 0) is 0 Å². The fourth-order valence-corrected chi connectivity index (χ4v) is 3.38. The Labute approximate surface area is 176 Å². The van der Waals surface area contributed by atoms with Crippen LogP contribution in [0.25, 0.3) is 22.3 Å². The first kappa shape index (κ1) is 22.1. The molecule has 1 atom stereocenters. The molecule has 1 aromatic carbocycles. The highest BCUT2D eigenvalue weighted by atomic mass is 35.5. The molecule has 1 aliphatic rings. The standard InChI is InChI=1S/C20H23N5O.2ClH/c1-13(2)25-19-17(12-22-25)16(20(26)23-15-8-9-21-11-15)10-18(24-19)14-6-4-3-5-7-14;;/h3-7,10,12-13,15,21H,8-9,11H2,1-2H3,(H,23,26);2*1H. The predicted molar refractivity (Wildman–Crippen MR) is 117 cm³/mol. The molecule has 0 aliphatic carbocycles. The number of hydrogen-bond acceptors (Lipinski definition) is 4. The van der Waals surface area contributed by atoms with Crippen molar-refractivity contribution in [3.05, 3.63) is 48.2 Å². The molecule has 0 saturated carbocycles. The van der Waals surface area contributed by atoms with E-state index < -0.39 is 0 Å². The number of fused-ring (bicyclic) bond motifs is 1. The van der Waals surface area contributed by atoms with Crippen LogP contribution in [0.5, 0.6) is 0 Å². The lowest BCUT2D eigenvalue weighted by molar-refractivity contribution is 0.0941. The van der Waals surface area contributed by atoms with Crippen LogP contribution in [0, 0.1) is 0 Å². The number of pyridine rings is 1. The lowest BCUT2D eigenvalue weighted by Crippen LogP contribution is -2.36. The SMILES string of the molecule is CC(C)n1ncc2c(C(=O)NC3CCNC3)cc(-c3ccccc3)nc21.Cl.Cl. The summed E-state index contributed by atoms with van der Waals surface area (Å²) < 4.78 is 1.87. The Bertz CT molecular complexity index is 936. The Balaban J connectivity index is 0.00000140. The van der Waals surface area contributed by atoms with E-state index in [1.165, 1.54) is 0 Å². The quantitative estimate of drug-likeness (QED) is 0.674. The van der Waals surface area contributed by atoms with Crippen LogP contribution in [0.2, 0.25) is 0 Å². The van der Waals surface area contributed by atoms with Gasteiger partial charge in [0.05, 0.1) is 22.8 Å². The van der Waals surface area contributed by atoms with Gasteiger partial charge < -0.3 is 10.6 Å². The average Bonchev–Trinajstić information content (AvgIpc) is 3.30. The van der Waals surface area contributed by atoms with Crippen molar-refractivity contribution >= 4 is 41.8 Å². The molecule has 8 heteroatoms. The first-order chi connectivity index (χ1) is 12.6. The molecule has 0 spiro atoms. The van der Waals surface area contributed by atoms with Crippen LogP contribution >= 0.6 is 24.8 Å². The zero-order valence-electron chi connectivity index (χ0n) is 15.9. The first-order valence-electron chi connectivity index (χ1n) is 9.09. The van der Waals surface area contributed by atoms with E-state index in [4.69, 9.17) is 4.98 Å². The molecule has 0 bridgehead atoms. The molecule has 4 rings (SSSR count). The number of amides is 1. The monoisotopic (exact) mass is 421 g/mol. The molecule has 1 aliphatic heterocycles. The largest absolute Gasteiger partial charge is 0.348 e. The molecule has 150 valence electrons. The topological polar surface area (TPSA) is 71.8 Å². The summed E-state index contributed by atoms with van der Waals surface area (Å²) in [5, 5.41) is 11.7. The lowest BCUT2D eigenvalue weighted by atomic mass is 10.1. The van der Waals surface area contributed by atoms with Crippen LogP contribution in [-0.4, -0.2) is 39.8 Å². The van der Waals surface area contributed by atoms with Gasteiger partial charge in [0.2, 0.25) is 0 Å². The summed E-state index contributed by atoms with van der Waals surface area (Å²) in [5.41, 5.74) is 3.15. The number of benzene rings is 1. The van der Waals surface area contributed by atoms with Crippen molar-refractivity contribution in [3.63, 3.8) is 0 Å². The molecule has 6 nitrogen and oxygen atoms in total. The minimum atomic E-state index is -0.0633. The fraction of sp³-hybridized carbons (Fsp3) is 0.350. The fourth-order valence-electron chi connectivity index (χ4n) is 3.38. The average molecular weight is 422 g/mol. The molecule has 1 unspecified atom stereocenters. The Hall–Kier alpha value is -2.15. The Morgan fingerprint density at radius 2 is 2.00 bits per heavy atom. The molecule has 3 heterocycles. The minimum Gasteiger partial charge on any atom is -0.348 e. The molecular weight excluding hydrogens is 397 g/mol. The van der Waals surface area contributed by atoms with E-state index in [1.54, 1.807) is 6.20 Å². The second-order valence-corrected chi connectivity index (χ2v) is 7.00. The van der Waals surface area contributed by atoms with Gasteiger partial charge in [0.1, 0.15) is 0 Å². The van der Waals surface area contributed by atoms with Crippen LogP contribution < -0.4 is 10.6 Å². The van der Waals surface area contributed by atoms with Gasteiger partial charge in [-0.2, -0.15) is 5.10 Å². The van der Waals surface area contributed by atoms with Gasteiger partial charge in [-0.3, -0.25) is 4.79 Å². The van der Waals surface area contributed by atoms with E-state index in [-0.39, 0.29) is 42.8 Å². The Morgan fingerprint density at radius 1 is 1.25 bits per heavy atom. The molecule has 1 fully saturated rings. The normalized spacial score (nSPS) is 15.9. The molecule has 2 N–H and O–H groups in total. The number of hydrogen-bond donors (Lipinski definition) is 2. The van der Waals surface area contributed by atoms with Gasteiger partial charge >= 0.3 is 0 Å². The molecule has 0 radical (unpaired) electrons. The maximum atomic E-state index is 13.0. The van der Waals surface area contributed by atoms with Gasteiger partial charge in [0, 0.05) is 24.2 Å². The van der Waals surface area contributed by atoms with Crippen LogP contribution in [0.3, 0.4) is 0 Å². The van der Waals surface area contributed by atoms with Crippen LogP contribution in [0.15, 0.2) is 42.6 Å². The van der Waals surface area contributed by atoms with Crippen molar-refractivity contribution in [1.82, 2.24) is 25.4 Å². The summed E-state index contributed by atoms with van der Waals surface area (Å²) in [6, 6.07) is 12.2. The number of rotatable bonds is 4. The summed E-state index contributed by atoms with van der Waals surface area (Å²) >= 11 is 0. The number of nitrogens with one attached hydrogen (secondary N) is 2. The highest BCUT2D eigenvalue weighted by Gasteiger charge is 2.22. The second kappa shape index (κ2) is 9.37. The maximum absolute atomic E-state index is 13.0. The summed E-state index contributed by atoms with van der Waals surface area (Å²) in [6.45, 7) is 5.88. The predicted octanol–water partition coefficient (Wildman–Crippen LogP) is 3.61. The van der Waals surface area contributed by atoms with E-state index in [1.807, 2.05) is 41.1 Å². The van der Waals surface area contributed by atoms with Gasteiger partial charge in [0.15, 0.2) is 5.65 Å².